The second-order valence-corrected chi connectivity index (χ2v) is 4.14. The maximum atomic E-state index is 11.6. The Hall–Kier alpha value is -2.30. The summed E-state index contributed by atoms with van der Waals surface area (Å²) in [6, 6.07) is 7.44. The van der Waals surface area contributed by atoms with E-state index in [0.717, 1.165) is 18.1 Å². The van der Waals surface area contributed by atoms with Gasteiger partial charge in [-0.2, -0.15) is 0 Å². The van der Waals surface area contributed by atoms with Crippen LogP contribution in [0.2, 0.25) is 0 Å². The molecule has 0 saturated carbocycles. The topological polar surface area (TPSA) is 65.5 Å². The lowest BCUT2D eigenvalue weighted by atomic mass is 10.1. The summed E-state index contributed by atoms with van der Waals surface area (Å²) in [5, 5.41) is 8.89. The van der Waals surface area contributed by atoms with Gasteiger partial charge in [-0.3, -0.25) is 4.79 Å². The number of nitrogens with zero attached hydrogens (tertiary/aromatic N) is 1. The molecule has 1 amide bonds. The Bertz CT molecular complexity index is 483. The van der Waals surface area contributed by atoms with E-state index in [1.54, 1.807) is 19.2 Å². The molecule has 0 fully saturated rings. The standard InChI is InChI=1S/C15H22N4O/c1-4-9-18-15(17-5-2)19-11-12-7-6-8-13(10-12)14(20)16-3/h4,6-8,10H,1,5,9,11H2,2-3H3,(H,16,20)(H2,17,18,19). The van der Waals surface area contributed by atoms with Gasteiger partial charge in [-0.1, -0.05) is 18.2 Å². The molecule has 108 valence electrons. The van der Waals surface area contributed by atoms with Crippen molar-refractivity contribution in [3.63, 3.8) is 0 Å². The fourth-order valence-electron chi connectivity index (χ4n) is 1.64. The number of aliphatic imine (C=N–C) groups is 1. The number of benzene rings is 1. The van der Waals surface area contributed by atoms with E-state index in [2.05, 4.69) is 27.5 Å². The summed E-state index contributed by atoms with van der Waals surface area (Å²) in [5.41, 5.74) is 1.63. The Morgan fingerprint density at radius 2 is 2.20 bits per heavy atom. The molecule has 20 heavy (non-hydrogen) atoms. The first-order valence-corrected chi connectivity index (χ1v) is 6.65. The number of hydrogen-bond acceptors (Lipinski definition) is 2. The van der Waals surface area contributed by atoms with Gasteiger partial charge in [0.05, 0.1) is 6.54 Å². The molecule has 0 aliphatic heterocycles. The van der Waals surface area contributed by atoms with Crippen molar-refractivity contribution in [1.29, 1.82) is 0 Å². The van der Waals surface area contributed by atoms with E-state index in [1.807, 2.05) is 25.1 Å². The lowest BCUT2D eigenvalue weighted by molar-refractivity contribution is 0.0963. The zero-order valence-corrected chi connectivity index (χ0v) is 12.1. The van der Waals surface area contributed by atoms with Crippen LogP contribution < -0.4 is 16.0 Å². The molecule has 0 radical (unpaired) electrons. The van der Waals surface area contributed by atoms with Crippen molar-refractivity contribution >= 4 is 11.9 Å². The minimum Gasteiger partial charge on any atom is -0.357 e. The molecular formula is C15H22N4O. The van der Waals surface area contributed by atoms with Crippen molar-refractivity contribution < 1.29 is 4.79 Å². The second-order valence-electron chi connectivity index (χ2n) is 4.14. The zero-order valence-electron chi connectivity index (χ0n) is 12.1. The van der Waals surface area contributed by atoms with E-state index in [-0.39, 0.29) is 5.91 Å². The fourth-order valence-corrected chi connectivity index (χ4v) is 1.64. The van der Waals surface area contributed by atoms with Crippen LogP contribution in [-0.4, -0.2) is 32.0 Å². The van der Waals surface area contributed by atoms with Crippen molar-refractivity contribution in [1.82, 2.24) is 16.0 Å². The molecule has 3 N–H and O–H groups in total. The van der Waals surface area contributed by atoms with Gasteiger partial charge in [0.1, 0.15) is 0 Å². The van der Waals surface area contributed by atoms with E-state index in [4.69, 9.17) is 0 Å². The summed E-state index contributed by atoms with van der Waals surface area (Å²) in [7, 11) is 1.62. The van der Waals surface area contributed by atoms with Crippen molar-refractivity contribution in [2.45, 2.75) is 13.5 Å². The highest BCUT2D eigenvalue weighted by molar-refractivity contribution is 5.94. The van der Waals surface area contributed by atoms with Gasteiger partial charge in [-0.05, 0) is 24.6 Å². The molecule has 0 aliphatic carbocycles. The Labute approximate surface area is 120 Å². The molecular weight excluding hydrogens is 252 g/mol. The van der Waals surface area contributed by atoms with Gasteiger partial charge in [-0.25, -0.2) is 4.99 Å². The number of carbonyl (C=O) groups is 1. The van der Waals surface area contributed by atoms with Gasteiger partial charge in [0.15, 0.2) is 5.96 Å². The van der Waals surface area contributed by atoms with Crippen molar-refractivity contribution in [2.24, 2.45) is 4.99 Å². The third kappa shape index (κ3) is 5.14. The summed E-state index contributed by atoms with van der Waals surface area (Å²) >= 11 is 0. The molecule has 1 aromatic carbocycles. The first kappa shape index (κ1) is 15.8. The zero-order chi connectivity index (χ0) is 14.8. The Kier molecular flexibility index (Phi) is 6.89. The van der Waals surface area contributed by atoms with Crippen molar-refractivity contribution in [2.75, 3.05) is 20.1 Å². The predicted octanol–water partition coefficient (Wildman–Crippen LogP) is 1.29. The van der Waals surface area contributed by atoms with Gasteiger partial charge >= 0.3 is 0 Å². The van der Waals surface area contributed by atoms with E-state index < -0.39 is 0 Å². The van der Waals surface area contributed by atoms with E-state index in [9.17, 15) is 4.79 Å². The maximum Gasteiger partial charge on any atom is 0.251 e. The normalized spacial score (nSPS) is 10.8. The van der Waals surface area contributed by atoms with Crippen LogP contribution in [0.15, 0.2) is 41.9 Å². The molecule has 0 heterocycles. The molecule has 0 aromatic heterocycles. The Morgan fingerprint density at radius 3 is 2.85 bits per heavy atom. The fraction of sp³-hybridized carbons (Fsp3) is 0.333. The first-order valence-electron chi connectivity index (χ1n) is 6.65. The number of amides is 1. The summed E-state index contributed by atoms with van der Waals surface area (Å²) in [6.45, 7) is 7.63. The highest BCUT2D eigenvalue weighted by Gasteiger charge is 2.03. The maximum absolute atomic E-state index is 11.6. The third-order valence-corrected chi connectivity index (χ3v) is 2.59. The molecule has 0 saturated heterocycles. The molecule has 0 bridgehead atoms. The van der Waals surface area contributed by atoms with Crippen LogP contribution in [0, 0.1) is 0 Å². The molecule has 0 unspecified atom stereocenters. The SMILES string of the molecule is C=CCNC(=NCc1cccc(C(=O)NC)c1)NCC. The Morgan fingerprint density at radius 1 is 1.40 bits per heavy atom. The molecule has 0 spiro atoms. The average Bonchev–Trinajstić information content (AvgIpc) is 2.49. The van der Waals surface area contributed by atoms with E-state index >= 15 is 0 Å². The molecule has 0 atom stereocenters. The third-order valence-electron chi connectivity index (χ3n) is 2.59. The van der Waals surface area contributed by atoms with Crippen LogP contribution in [-0.2, 0) is 6.54 Å². The lowest BCUT2D eigenvalue weighted by Gasteiger charge is -2.09. The Balaban J connectivity index is 2.75. The van der Waals surface area contributed by atoms with Crippen molar-refractivity contribution in [3.05, 3.63) is 48.0 Å². The summed E-state index contributed by atoms with van der Waals surface area (Å²) in [4.78, 5) is 16.0. The number of carbonyl (C=O) groups excluding carboxylic acids is 1. The lowest BCUT2D eigenvalue weighted by Crippen LogP contribution is -2.37. The highest BCUT2D eigenvalue weighted by Crippen LogP contribution is 2.06. The van der Waals surface area contributed by atoms with Crippen LogP contribution >= 0.6 is 0 Å². The minimum atomic E-state index is -0.0903. The summed E-state index contributed by atoms with van der Waals surface area (Å²) in [6.07, 6.45) is 1.78. The van der Waals surface area contributed by atoms with Crippen LogP contribution in [0.1, 0.15) is 22.8 Å². The predicted molar refractivity (Wildman–Crippen MR) is 82.8 cm³/mol. The summed E-state index contributed by atoms with van der Waals surface area (Å²) < 4.78 is 0. The quantitative estimate of drug-likeness (QED) is 0.416. The smallest absolute Gasteiger partial charge is 0.251 e. The van der Waals surface area contributed by atoms with Gasteiger partial charge in [0, 0.05) is 25.7 Å². The summed E-state index contributed by atoms with van der Waals surface area (Å²) in [5.74, 6) is 0.644. The van der Waals surface area contributed by atoms with Gasteiger partial charge in [0.2, 0.25) is 0 Å². The van der Waals surface area contributed by atoms with E-state index in [1.165, 1.54) is 0 Å². The number of guanidine groups is 1. The molecule has 1 rings (SSSR count). The van der Waals surface area contributed by atoms with Gasteiger partial charge < -0.3 is 16.0 Å². The van der Waals surface area contributed by atoms with Crippen LogP contribution in [0.3, 0.4) is 0 Å². The number of rotatable bonds is 6. The first-order chi connectivity index (χ1) is 9.71. The van der Waals surface area contributed by atoms with E-state index in [0.29, 0.717) is 18.7 Å². The molecule has 0 aliphatic rings. The van der Waals surface area contributed by atoms with Gasteiger partial charge in [-0.15, -0.1) is 6.58 Å². The van der Waals surface area contributed by atoms with Crippen LogP contribution in [0.5, 0.6) is 0 Å². The van der Waals surface area contributed by atoms with Crippen molar-refractivity contribution in [3.8, 4) is 0 Å². The molecule has 5 heteroatoms. The van der Waals surface area contributed by atoms with Crippen LogP contribution in [0.4, 0.5) is 0 Å². The number of hydrogen-bond donors (Lipinski definition) is 3. The van der Waals surface area contributed by atoms with Crippen LogP contribution in [0.25, 0.3) is 0 Å². The second kappa shape index (κ2) is 8.74. The van der Waals surface area contributed by atoms with Gasteiger partial charge in [0.25, 0.3) is 5.91 Å². The average molecular weight is 274 g/mol. The highest BCUT2D eigenvalue weighted by atomic mass is 16.1. The number of nitrogens with one attached hydrogen (secondary N) is 3. The minimum absolute atomic E-state index is 0.0903. The monoisotopic (exact) mass is 274 g/mol. The molecule has 1 aromatic rings. The molecule has 5 nitrogen and oxygen atoms in total. The largest absolute Gasteiger partial charge is 0.357 e.